The molecular weight excluding hydrogens is 470 g/mol. The molecule has 0 bridgehead atoms. The van der Waals surface area contributed by atoms with Crippen LogP contribution in [0, 0.1) is 0 Å². The van der Waals surface area contributed by atoms with Crippen LogP contribution in [0.4, 0.5) is 11.4 Å². The second-order valence-electron chi connectivity index (χ2n) is 8.08. The number of nitrogens with one attached hydrogen (secondary N) is 2. The van der Waals surface area contributed by atoms with Crippen molar-refractivity contribution in [3.8, 4) is 22.8 Å². The number of aromatic nitrogens is 3. The minimum Gasteiger partial charge on any atom is -0.497 e. The summed E-state index contributed by atoms with van der Waals surface area (Å²) in [6.45, 7) is -0.169. The Morgan fingerprint density at radius 3 is 2.46 bits per heavy atom. The van der Waals surface area contributed by atoms with Crippen molar-refractivity contribution in [1.29, 1.82) is 0 Å². The van der Waals surface area contributed by atoms with Crippen LogP contribution < -0.4 is 20.1 Å². The average molecular weight is 494 g/mol. The van der Waals surface area contributed by atoms with E-state index < -0.39 is 0 Å². The van der Waals surface area contributed by atoms with Gasteiger partial charge in [-0.05, 0) is 54.6 Å². The van der Waals surface area contributed by atoms with E-state index in [0.717, 1.165) is 11.3 Å². The van der Waals surface area contributed by atoms with E-state index in [-0.39, 0.29) is 18.4 Å². The lowest BCUT2D eigenvalue weighted by Crippen LogP contribution is -2.20. The Hall–Kier alpha value is -5.18. The molecule has 3 aromatic carbocycles. The zero-order valence-corrected chi connectivity index (χ0v) is 19.9. The van der Waals surface area contributed by atoms with Crippen molar-refractivity contribution in [3.63, 3.8) is 0 Å². The first kappa shape index (κ1) is 23.6. The van der Waals surface area contributed by atoms with Gasteiger partial charge in [0.1, 0.15) is 11.5 Å². The zero-order chi connectivity index (χ0) is 25.6. The van der Waals surface area contributed by atoms with Gasteiger partial charge in [-0.15, -0.1) is 0 Å². The fourth-order valence-corrected chi connectivity index (χ4v) is 3.65. The summed E-state index contributed by atoms with van der Waals surface area (Å²) >= 11 is 0. The number of carbonyl (C=O) groups is 2. The van der Waals surface area contributed by atoms with E-state index in [1.807, 2.05) is 47.1 Å². The minimum absolute atomic E-state index is 0.169. The first-order chi connectivity index (χ1) is 18.1. The quantitative estimate of drug-likeness (QED) is 0.325. The molecule has 184 valence electrons. The van der Waals surface area contributed by atoms with Crippen molar-refractivity contribution in [1.82, 2.24) is 14.4 Å². The van der Waals surface area contributed by atoms with Gasteiger partial charge in [0.15, 0.2) is 6.61 Å². The molecular formula is C28H23N5O4. The third-order valence-corrected chi connectivity index (χ3v) is 5.51. The lowest BCUT2D eigenvalue weighted by atomic mass is 10.1. The smallest absolute Gasteiger partial charge is 0.262 e. The number of carbonyl (C=O) groups excluding carboxylic acids is 2. The normalized spacial score (nSPS) is 10.6. The molecule has 0 aliphatic carbocycles. The molecule has 5 rings (SSSR count). The summed E-state index contributed by atoms with van der Waals surface area (Å²) in [6.07, 6.45) is 5.49. The fourth-order valence-electron chi connectivity index (χ4n) is 3.65. The number of hydrogen-bond acceptors (Lipinski definition) is 6. The number of ether oxygens (including phenoxy) is 2. The first-order valence-electron chi connectivity index (χ1n) is 11.5. The Kier molecular flexibility index (Phi) is 6.76. The molecule has 9 nitrogen and oxygen atoms in total. The number of hydrogen-bond donors (Lipinski definition) is 2. The molecule has 0 aliphatic rings. The number of amides is 2. The Bertz CT molecular complexity index is 1510. The maximum atomic E-state index is 12.7. The van der Waals surface area contributed by atoms with Crippen molar-refractivity contribution < 1.29 is 19.1 Å². The first-order valence-corrected chi connectivity index (χ1v) is 11.5. The molecule has 2 heterocycles. The summed E-state index contributed by atoms with van der Waals surface area (Å²) in [5.74, 6) is 1.18. The van der Waals surface area contributed by atoms with Crippen molar-refractivity contribution in [2.45, 2.75) is 0 Å². The van der Waals surface area contributed by atoms with E-state index >= 15 is 0 Å². The van der Waals surface area contributed by atoms with Crippen molar-refractivity contribution in [2.75, 3.05) is 24.4 Å². The predicted molar refractivity (Wildman–Crippen MR) is 140 cm³/mol. The van der Waals surface area contributed by atoms with E-state index in [4.69, 9.17) is 9.47 Å². The van der Waals surface area contributed by atoms with E-state index in [9.17, 15) is 9.59 Å². The average Bonchev–Trinajstić information content (AvgIpc) is 3.37. The molecule has 2 amide bonds. The lowest BCUT2D eigenvalue weighted by Gasteiger charge is -2.09. The molecule has 2 N–H and O–H groups in total. The number of imidazole rings is 1. The lowest BCUT2D eigenvalue weighted by molar-refractivity contribution is -0.118. The molecule has 0 saturated heterocycles. The highest BCUT2D eigenvalue weighted by Gasteiger charge is 2.10. The third-order valence-electron chi connectivity index (χ3n) is 5.51. The van der Waals surface area contributed by atoms with Gasteiger partial charge in [-0.3, -0.25) is 14.0 Å². The highest BCUT2D eigenvalue weighted by atomic mass is 16.5. The minimum atomic E-state index is -0.307. The molecule has 5 aromatic rings. The summed E-state index contributed by atoms with van der Waals surface area (Å²) < 4.78 is 12.5. The Morgan fingerprint density at radius 2 is 1.70 bits per heavy atom. The molecule has 0 fully saturated rings. The molecule has 9 heteroatoms. The third kappa shape index (κ3) is 5.73. The van der Waals surface area contributed by atoms with Crippen LogP contribution in [0.5, 0.6) is 11.5 Å². The van der Waals surface area contributed by atoms with Crippen molar-refractivity contribution in [3.05, 3.63) is 103 Å². The number of benzene rings is 3. The fraction of sp³-hybridized carbons (Fsp3) is 0.0714. The van der Waals surface area contributed by atoms with Crippen LogP contribution >= 0.6 is 0 Å². The number of fused-ring (bicyclic) bond motifs is 1. The standard InChI is InChI=1S/C28H23N5O4/c1-36-24-5-2-4-22(16-24)30-26(34)18-37-23-12-8-20(9-13-23)27(35)31-21-10-6-19(7-11-21)25-17-33-15-3-14-29-28(33)32-25/h2-17H,18H2,1H3,(H,30,34)(H,31,35). The molecule has 0 saturated carbocycles. The maximum Gasteiger partial charge on any atom is 0.262 e. The van der Waals surface area contributed by atoms with E-state index in [1.165, 1.54) is 0 Å². The van der Waals surface area contributed by atoms with Gasteiger partial charge in [0.25, 0.3) is 11.8 Å². The zero-order valence-electron chi connectivity index (χ0n) is 19.9. The van der Waals surface area contributed by atoms with Crippen LogP contribution in [0.1, 0.15) is 10.4 Å². The van der Waals surface area contributed by atoms with Gasteiger partial charge in [0.05, 0.1) is 12.8 Å². The molecule has 0 unspecified atom stereocenters. The van der Waals surface area contributed by atoms with Crippen molar-refractivity contribution >= 4 is 29.0 Å². The van der Waals surface area contributed by atoms with Crippen LogP contribution in [0.25, 0.3) is 17.0 Å². The number of anilines is 2. The van der Waals surface area contributed by atoms with E-state index in [1.54, 1.807) is 61.8 Å². The Morgan fingerprint density at radius 1 is 0.892 bits per heavy atom. The van der Waals surface area contributed by atoms with Crippen LogP contribution in [-0.4, -0.2) is 39.9 Å². The monoisotopic (exact) mass is 493 g/mol. The second-order valence-corrected chi connectivity index (χ2v) is 8.08. The molecule has 37 heavy (non-hydrogen) atoms. The second kappa shape index (κ2) is 10.6. The molecule has 0 aliphatic heterocycles. The van der Waals surface area contributed by atoms with Gasteiger partial charge in [0, 0.05) is 47.2 Å². The SMILES string of the molecule is COc1cccc(NC(=O)COc2ccc(C(=O)Nc3ccc(-c4cn5cccnc5n4)cc3)cc2)c1. The van der Waals surface area contributed by atoms with Crippen LogP contribution in [0.3, 0.4) is 0 Å². The maximum absolute atomic E-state index is 12.7. The summed E-state index contributed by atoms with van der Waals surface area (Å²) in [4.78, 5) is 33.6. The molecule has 0 atom stereocenters. The summed E-state index contributed by atoms with van der Waals surface area (Å²) in [5, 5.41) is 5.63. The van der Waals surface area contributed by atoms with Gasteiger partial charge in [-0.25, -0.2) is 9.97 Å². The molecule has 0 radical (unpaired) electrons. The summed E-state index contributed by atoms with van der Waals surface area (Å²) in [7, 11) is 1.56. The van der Waals surface area contributed by atoms with Crippen LogP contribution in [0.15, 0.2) is 97.5 Å². The number of rotatable bonds is 8. The molecule has 0 spiro atoms. The van der Waals surface area contributed by atoms with E-state index in [2.05, 4.69) is 20.6 Å². The summed E-state index contributed by atoms with van der Waals surface area (Å²) in [5.41, 5.74) is 3.45. The van der Waals surface area contributed by atoms with Gasteiger partial charge in [-0.2, -0.15) is 0 Å². The summed E-state index contributed by atoms with van der Waals surface area (Å²) in [6, 6.07) is 22.9. The topological polar surface area (TPSA) is 107 Å². The van der Waals surface area contributed by atoms with Crippen LogP contribution in [0.2, 0.25) is 0 Å². The largest absolute Gasteiger partial charge is 0.497 e. The van der Waals surface area contributed by atoms with Gasteiger partial charge < -0.3 is 20.1 Å². The van der Waals surface area contributed by atoms with Gasteiger partial charge in [-0.1, -0.05) is 18.2 Å². The van der Waals surface area contributed by atoms with Gasteiger partial charge >= 0.3 is 0 Å². The van der Waals surface area contributed by atoms with E-state index in [0.29, 0.717) is 34.2 Å². The van der Waals surface area contributed by atoms with Crippen LogP contribution in [-0.2, 0) is 4.79 Å². The molecule has 2 aromatic heterocycles. The highest BCUT2D eigenvalue weighted by Crippen LogP contribution is 2.22. The Balaban J connectivity index is 1.14. The highest BCUT2D eigenvalue weighted by molar-refractivity contribution is 6.04. The Labute approximate surface area is 212 Å². The number of methoxy groups -OCH3 is 1. The van der Waals surface area contributed by atoms with Gasteiger partial charge in [0.2, 0.25) is 5.78 Å². The predicted octanol–water partition coefficient (Wildman–Crippen LogP) is 4.67. The van der Waals surface area contributed by atoms with Crippen molar-refractivity contribution in [2.24, 2.45) is 0 Å². The number of nitrogens with zero attached hydrogens (tertiary/aromatic N) is 3.